The van der Waals surface area contributed by atoms with Gasteiger partial charge in [0.15, 0.2) is 17.4 Å². The SMILES string of the molecule is Cc1ncsc1-c1ccc([C@H](C)NC(=O)[C@@H]2C[C@@H](O)CN2C(=O)[C@@H](c2cc(N3CCC(CN4CCC(OC5CC(N6CCC(C#N)(CN7C8CCC7CN(c7cc(-c9ccccc9O)nnc7N)C8)CC6)C5)CC4)CC3)no2)C(C)C)cc1. The molecule has 7 aliphatic rings. The van der Waals surface area contributed by atoms with Crippen molar-refractivity contribution in [2.45, 2.75) is 153 Å². The number of phenols is 1. The van der Waals surface area contributed by atoms with E-state index in [0.29, 0.717) is 59.1 Å². The van der Waals surface area contributed by atoms with Gasteiger partial charge in [-0.05, 0) is 132 Å². The molecule has 20 heteroatoms. The second kappa shape index (κ2) is 24.4. The van der Waals surface area contributed by atoms with Gasteiger partial charge in [0.05, 0.1) is 63.3 Å². The van der Waals surface area contributed by atoms with Crippen LogP contribution in [0.25, 0.3) is 21.7 Å². The highest BCUT2D eigenvalue weighted by atomic mass is 32.1. The van der Waals surface area contributed by atoms with Crippen molar-refractivity contribution in [3.8, 4) is 33.5 Å². The molecule has 2 bridgehead atoms. The molecule has 2 unspecified atom stereocenters. The molecule has 6 aliphatic heterocycles. The summed E-state index contributed by atoms with van der Waals surface area (Å²) in [5.74, 6) is 1.10. The number of β-amino-alcohol motifs (C(OH)–C–C–N with tert-alkyl or cyclic N) is 1. The Bertz CT molecular complexity index is 3090. The lowest BCUT2D eigenvalue weighted by Gasteiger charge is -2.50. The number of fused-ring (bicyclic) bond motifs is 2. The molecule has 1 saturated carbocycles. The number of nitriles is 1. The highest BCUT2D eigenvalue weighted by Crippen LogP contribution is 2.43. The molecule has 2 amide bonds. The number of aliphatic hydroxyl groups is 1. The van der Waals surface area contributed by atoms with Crippen LogP contribution >= 0.6 is 11.3 Å². The van der Waals surface area contributed by atoms with Gasteiger partial charge in [0, 0.05) is 95.1 Å². The van der Waals surface area contributed by atoms with E-state index < -0.39 is 18.1 Å². The van der Waals surface area contributed by atoms with E-state index in [1.54, 1.807) is 28.4 Å². The molecule has 19 nitrogen and oxygen atoms in total. The Morgan fingerprint density at radius 3 is 2.28 bits per heavy atom. The van der Waals surface area contributed by atoms with Crippen LogP contribution in [0.15, 0.2) is 70.7 Å². The summed E-state index contributed by atoms with van der Waals surface area (Å²) in [6.07, 6.45) is 10.4. The molecule has 3 aromatic heterocycles. The van der Waals surface area contributed by atoms with Crippen molar-refractivity contribution in [3.63, 3.8) is 0 Å². The van der Waals surface area contributed by atoms with Gasteiger partial charge in [-0.15, -0.1) is 21.5 Å². The number of benzene rings is 2. The van der Waals surface area contributed by atoms with Gasteiger partial charge in [0.1, 0.15) is 17.7 Å². The number of rotatable bonds is 17. The number of piperidine rings is 3. The van der Waals surface area contributed by atoms with E-state index in [-0.39, 0.29) is 47.9 Å². The van der Waals surface area contributed by atoms with E-state index in [0.717, 1.165) is 163 Å². The number of aryl methyl sites for hydroxylation is 1. The smallest absolute Gasteiger partial charge is 0.243 e. The summed E-state index contributed by atoms with van der Waals surface area (Å²) >= 11 is 1.60. The molecule has 0 radical (unpaired) electrons. The van der Waals surface area contributed by atoms with Crippen molar-refractivity contribution < 1.29 is 29.1 Å². The lowest BCUT2D eigenvalue weighted by Crippen LogP contribution is -2.59. The zero-order valence-corrected chi connectivity index (χ0v) is 49.5. The van der Waals surface area contributed by atoms with Gasteiger partial charge in [-0.1, -0.05) is 55.4 Å². The average Bonchev–Trinajstić information content (AvgIpc) is 4.46. The molecule has 9 heterocycles. The van der Waals surface area contributed by atoms with Crippen LogP contribution in [0.1, 0.15) is 120 Å². The Balaban J connectivity index is 0.551. The van der Waals surface area contributed by atoms with E-state index >= 15 is 0 Å². The van der Waals surface area contributed by atoms with E-state index in [2.05, 4.69) is 56.2 Å². The Morgan fingerprint density at radius 1 is 0.880 bits per heavy atom. The van der Waals surface area contributed by atoms with E-state index in [9.17, 15) is 25.1 Å². The monoisotopic (exact) mass is 1150 g/mol. The standard InChI is InChI=1S/C63H83N13O6S/c1-39(2)58(62(80)75-35-48(77)29-54(75)61(79)67-40(3)43-9-11-44(12-10-43)59-41(4)66-38-83-59)56-31-57(70-82-56)73-23-15-42(16-24-73)32-71-21-17-49(18-22-71)81-50-27-47(28-50)72-25-19-63(36-64,20-26-72)37-76-45-13-14-46(76)34-74(33-45)53-30-52(68-69-60(53)65)51-7-5-6-8-55(51)78/h5-12,30-31,38-40,42,45-50,54,58,77-78H,13-29,32-35,37H2,1-4H3,(H2,65,69)(H,67,79)/t40-,45?,46?,47?,48+,50?,54-,58+/m0/s1. The van der Waals surface area contributed by atoms with Gasteiger partial charge in [-0.25, -0.2) is 4.98 Å². The number of anilines is 3. The molecule has 0 spiro atoms. The Kier molecular flexibility index (Phi) is 16.8. The number of para-hydroxylation sites is 1. The maximum Gasteiger partial charge on any atom is 0.243 e. The average molecular weight is 1150 g/mol. The number of nitrogens with zero attached hydrogens (tertiary/aromatic N) is 11. The van der Waals surface area contributed by atoms with Crippen molar-refractivity contribution in [2.24, 2.45) is 17.3 Å². The molecular weight excluding hydrogens is 1070 g/mol. The molecule has 6 saturated heterocycles. The van der Waals surface area contributed by atoms with Crippen molar-refractivity contribution in [2.75, 3.05) is 87.5 Å². The fraction of sp³-hybridized carbons (Fsp3) is 0.603. The molecule has 5 aromatic rings. The molecular formula is C63H83N13O6S. The fourth-order valence-corrected chi connectivity index (χ4v) is 15.5. The van der Waals surface area contributed by atoms with Crippen molar-refractivity contribution in [1.29, 1.82) is 5.26 Å². The third-order valence-electron chi connectivity index (χ3n) is 19.8. The zero-order chi connectivity index (χ0) is 57.5. The third-order valence-corrected chi connectivity index (χ3v) is 20.8. The molecule has 7 fully saturated rings. The summed E-state index contributed by atoms with van der Waals surface area (Å²) in [6.45, 7) is 17.3. The number of thiazole rings is 1. The lowest BCUT2D eigenvalue weighted by molar-refractivity contribution is -0.141. The second-order valence-corrected chi connectivity index (χ2v) is 26.4. The van der Waals surface area contributed by atoms with Crippen molar-refractivity contribution in [1.82, 2.24) is 45.3 Å². The van der Waals surface area contributed by atoms with Crippen LogP contribution in [0.2, 0.25) is 0 Å². The summed E-state index contributed by atoms with van der Waals surface area (Å²) in [5, 5.41) is 48.2. The van der Waals surface area contributed by atoms with Crippen LogP contribution in [0.5, 0.6) is 5.75 Å². The first-order valence-electron chi connectivity index (χ1n) is 30.6. The zero-order valence-electron chi connectivity index (χ0n) is 48.7. The summed E-state index contributed by atoms with van der Waals surface area (Å²) in [6, 6.07) is 22.1. The number of hydrogen-bond acceptors (Lipinski definition) is 18. The molecule has 83 heavy (non-hydrogen) atoms. The normalized spacial score (nSPS) is 26.3. The predicted molar refractivity (Wildman–Crippen MR) is 319 cm³/mol. The second-order valence-electron chi connectivity index (χ2n) is 25.5. The van der Waals surface area contributed by atoms with E-state index in [4.69, 9.17) is 15.0 Å². The number of nitrogens with two attached hydrogens (primary N) is 1. The van der Waals surface area contributed by atoms with Gasteiger partial charge in [0.25, 0.3) is 0 Å². The maximum absolute atomic E-state index is 14.4. The van der Waals surface area contributed by atoms with Crippen molar-refractivity contribution in [3.05, 3.63) is 83.2 Å². The first-order chi connectivity index (χ1) is 40.2. The van der Waals surface area contributed by atoms with Crippen LogP contribution < -0.4 is 20.9 Å². The fourth-order valence-electron chi connectivity index (χ4n) is 14.7. The number of aromatic nitrogens is 4. The summed E-state index contributed by atoms with van der Waals surface area (Å²) in [4.78, 5) is 47.8. The minimum absolute atomic E-state index is 0.0869. The lowest BCUT2D eigenvalue weighted by atomic mass is 9.76. The van der Waals surface area contributed by atoms with Gasteiger partial charge in [0.2, 0.25) is 11.8 Å². The number of carbonyl (C=O) groups is 2. The summed E-state index contributed by atoms with van der Waals surface area (Å²) < 4.78 is 12.7. The Hall–Kier alpha value is -6.21. The number of carbonyl (C=O) groups excluding carboxylic acids is 2. The minimum Gasteiger partial charge on any atom is -0.507 e. The number of ether oxygens (including phenoxy) is 1. The highest BCUT2D eigenvalue weighted by Gasteiger charge is 2.48. The topological polar surface area (TPSA) is 230 Å². The first kappa shape index (κ1) is 57.2. The first-order valence-corrected chi connectivity index (χ1v) is 31.5. The van der Waals surface area contributed by atoms with Crippen molar-refractivity contribution >= 4 is 40.5 Å². The highest BCUT2D eigenvalue weighted by molar-refractivity contribution is 7.13. The Morgan fingerprint density at radius 2 is 1.60 bits per heavy atom. The molecule has 442 valence electrons. The number of aromatic hydroxyl groups is 1. The molecule has 1 aliphatic carbocycles. The van der Waals surface area contributed by atoms with Crippen LogP contribution in [-0.2, 0) is 14.3 Å². The Labute approximate surface area is 492 Å². The van der Waals surface area contributed by atoms with E-state index in [1.807, 2.05) is 81.7 Å². The number of nitrogen functional groups attached to an aromatic ring is 1. The number of hydrogen-bond donors (Lipinski definition) is 4. The largest absolute Gasteiger partial charge is 0.507 e. The molecule has 12 rings (SSSR count). The quantitative estimate of drug-likeness (QED) is 0.0702. The molecule has 2 aromatic carbocycles. The maximum atomic E-state index is 14.4. The minimum atomic E-state index is -0.801. The predicted octanol–water partition coefficient (Wildman–Crippen LogP) is 7.62. The van der Waals surface area contributed by atoms with Crippen LogP contribution in [0.4, 0.5) is 17.3 Å². The number of piperazine rings is 1. The number of amides is 2. The molecule has 5 N–H and O–H groups in total. The molecule has 6 atom stereocenters. The summed E-state index contributed by atoms with van der Waals surface area (Å²) in [7, 11) is 0. The number of phenolic OH excluding ortho intramolecular Hbond substituents is 1. The van der Waals surface area contributed by atoms with Gasteiger partial charge >= 0.3 is 0 Å². The van der Waals surface area contributed by atoms with Gasteiger partial charge in [-0.3, -0.25) is 14.5 Å². The number of likely N-dealkylation sites (tertiary alicyclic amines) is 3. The van der Waals surface area contributed by atoms with Crippen LogP contribution in [0.3, 0.4) is 0 Å². The number of nitrogens with one attached hydrogen (secondary N) is 1. The van der Waals surface area contributed by atoms with E-state index in [1.165, 1.54) is 0 Å². The van der Waals surface area contributed by atoms with Gasteiger partial charge < -0.3 is 55.0 Å². The number of aliphatic hydroxyl groups excluding tert-OH is 1. The summed E-state index contributed by atoms with van der Waals surface area (Å²) in [5.41, 5.74) is 13.0. The third kappa shape index (κ3) is 12.2. The van der Waals surface area contributed by atoms with Crippen LogP contribution in [-0.4, -0.2) is 176 Å². The van der Waals surface area contributed by atoms with Crippen LogP contribution in [0, 0.1) is 35.5 Å². The van der Waals surface area contributed by atoms with Gasteiger partial charge in [-0.2, -0.15) is 5.26 Å².